The van der Waals surface area contributed by atoms with Gasteiger partial charge >= 0.3 is 0 Å². The summed E-state index contributed by atoms with van der Waals surface area (Å²) in [5.41, 5.74) is 20.3. The summed E-state index contributed by atoms with van der Waals surface area (Å²) in [5, 5.41) is 9.12. The minimum Gasteiger partial charge on any atom is -0.497 e. The van der Waals surface area contributed by atoms with Crippen LogP contribution in [-0.2, 0) is 0 Å². The Morgan fingerprint density at radius 3 is 1.05 bits per heavy atom. The van der Waals surface area contributed by atoms with Crippen LogP contribution in [0.4, 0.5) is 0 Å². The predicted molar refractivity (Wildman–Crippen MR) is 318 cm³/mol. The van der Waals surface area contributed by atoms with E-state index in [1.807, 2.05) is 24.3 Å². The molecule has 0 radical (unpaired) electrons. The number of hydrogen-bond acceptors (Lipinski definition) is 7. The maximum atomic E-state index is 6.31. The molecule has 12 aromatic carbocycles. The van der Waals surface area contributed by atoms with Crippen molar-refractivity contribution >= 4 is 43.1 Å². The SMILES string of the molecule is COc1cccc(-c2c3c(c(-c4cccc(OC)c4)c4c(OC)cccc24)-c2ccc(-c4ccc5c6c(cccc46)-c4c-5c(-c5ccc(OC)c(OC)c5)c5ccccc5c4-c4ccc(OC)c(OC)c4)c4cccc-3c24)c1. The van der Waals surface area contributed by atoms with Crippen molar-refractivity contribution in [3.8, 4) is 140 Å². The van der Waals surface area contributed by atoms with Gasteiger partial charge < -0.3 is 33.2 Å². The maximum Gasteiger partial charge on any atom is 0.161 e. The summed E-state index contributed by atoms with van der Waals surface area (Å²) in [5.74, 6) is 5.06. The Balaban J connectivity index is 1.07. The third kappa shape index (κ3) is 6.70. The van der Waals surface area contributed by atoms with Crippen molar-refractivity contribution in [2.24, 2.45) is 0 Å². The summed E-state index contributed by atoms with van der Waals surface area (Å²) in [6, 6.07) is 67.5. The lowest BCUT2D eigenvalue weighted by atomic mass is 9.82. The molecule has 0 N–H and O–H groups in total. The van der Waals surface area contributed by atoms with E-state index in [0.717, 1.165) is 111 Å². The second-order valence-corrected chi connectivity index (χ2v) is 19.8. The predicted octanol–water partition coefficient (Wildman–Crippen LogP) is 18.0. The van der Waals surface area contributed by atoms with E-state index in [2.05, 4.69) is 164 Å². The van der Waals surface area contributed by atoms with Gasteiger partial charge in [-0.3, -0.25) is 0 Å². The van der Waals surface area contributed by atoms with E-state index in [9.17, 15) is 0 Å². The summed E-state index contributed by atoms with van der Waals surface area (Å²) in [6.07, 6.45) is 0. The van der Waals surface area contributed by atoms with Crippen molar-refractivity contribution in [1.82, 2.24) is 0 Å². The van der Waals surface area contributed by atoms with E-state index >= 15 is 0 Å². The Hall–Kier alpha value is -9.72. The summed E-state index contributed by atoms with van der Waals surface area (Å²) >= 11 is 0. The Bertz CT molecular complexity index is 4400. The largest absolute Gasteiger partial charge is 0.497 e. The minimum absolute atomic E-state index is 0.667. The van der Waals surface area contributed by atoms with Gasteiger partial charge in [-0.25, -0.2) is 0 Å². The van der Waals surface area contributed by atoms with Gasteiger partial charge in [-0.15, -0.1) is 0 Å². The first kappa shape index (κ1) is 46.8. The summed E-state index contributed by atoms with van der Waals surface area (Å²) in [7, 11) is 12.0. The smallest absolute Gasteiger partial charge is 0.161 e. The topological polar surface area (TPSA) is 64.6 Å². The fourth-order valence-electron chi connectivity index (χ4n) is 13.0. The van der Waals surface area contributed by atoms with Gasteiger partial charge in [-0.05, 0) is 187 Å². The van der Waals surface area contributed by atoms with Crippen LogP contribution in [0.3, 0.4) is 0 Å². The van der Waals surface area contributed by atoms with E-state index in [1.165, 1.54) is 49.4 Å². The molecule has 0 heterocycles. The number of rotatable bonds is 12. The zero-order valence-electron chi connectivity index (χ0n) is 44.3. The van der Waals surface area contributed by atoms with Crippen LogP contribution in [0.1, 0.15) is 0 Å². The Labute approximate surface area is 452 Å². The first-order valence-corrected chi connectivity index (χ1v) is 26.0. The molecule has 0 bridgehead atoms. The van der Waals surface area contributed by atoms with Gasteiger partial charge in [0.15, 0.2) is 23.0 Å². The highest BCUT2D eigenvalue weighted by Gasteiger charge is 2.35. The molecule has 0 aromatic heterocycles. The summed E-state index contributed by atoms with van der Waals surface area (Å²) in [4.78, 5) is 0. The normalized spacial score (nSPS) is 11.8. The molecular weight excluding hydrogens is 965 g/mol. The van der Waals surface area contributed by atoms with Gasteiger partial charge in [0, 0.05) is 10.9 Å². The van der Waals surface area contributed by atoms with Crippen molar-refractivity contribution in [3.05, 3.63) is 188 Å². The standard InChI is InChI=1S/C71H52O7/c1-72-43-17-10-15-39(35-43)63-51-25-14-26-58(76-5)67(51)64(40-16-11-18-44(36-40)73-2)71-55-32-30-46(48-22-13-24-53(66(48)55)69(63)71)45-29-31-54-65-47(45)21-12-23-52(65)68-61(41-27-33-56(74-3)59(37-41)77-6)49-19-8-9-20-50(49)62(70(54)68)42-28-34-57(75-4)60(38-42)78-7/h8-38H,1-7H3. The van der Waals surface area contributed by atoms with Gasteiger partial charge in [0.1, 0.15) is 17.2 Å². The monoisotopic (exact) mass is 1020 g/mol. The molecule has 0 aliphatic heterocycles. The number of methoxy groups -OCH3 is 7. The van der Waals surface area contributed by atoms with Crippen LogP contribution in [0.2, 0.25) is 0 Å². The van der Waals surface area contributed by atoms with Crippen LogP contribution in [0.25, 0.3) is 143 Å². The van der Waals surface area contributed by atoms with Crippen molar-refractivity contribution < 1.29 is 33.2 Å². The molecule has 378 valence electrons. The first-order chi connectivity index (χ1) is 38.4. The second kappa shape index (κ2) is 18.2. The lowest BCUT2D eigenvalue weighted by Gasteiger charge is -2.22. The fraction of sp³-hybridized carbons (Fsp3) is 0.0986. The van der Waals surface area contributed by atoms with Crippen LogP contribution in [0.15, 0.2) is 188 Å². The molecule has 0 atom stereocenters. The number of fused-ring (bicyclic) bond motifs is 8. The van der Waals surface area contributed by atoms with Crippen molar-refractivity contribution in [2.75, 3.05) is 49.8 Å². The molecular formula is C71H52O7. The Morgan fingerprint density at radius 2 is 0.577 bits per heavy atom. The highest BCUT2D eigenvalue weighted by Crippen LogP contribution is 2.62. The van der Waals surface area contributed by atoms with Crippen LogP contribution in [-0.4, -0.2) is 49.8 Å². The molecule has 0 fully saturated rings. The molecule has 7 nitrogen and oxygen atoms in total. The van der Waals surface area contributed by atoms with Crippen LogP contribution < -0.4 is 33.2 Å². The van der Waals surface area contributed by atoms with Crippen LogP contribution in [0.5, 0.6) is 40.2 Å². The molecule has 2 aliphatic carbocycles. The summed E-state index contributed by atoms with van der Waals surface area (Å²) in [6.45, 7) is 0. The third-order valence-electron chi connectivity index (χ3n) is 16.2. The van der Waals surface area contributed by atoms with Crippen molar-refractivity contribution in [3.63, 3.8) is 0 Å². The van der Waals surface area contributed by atoms with Gasteiger partial charge in [0.05, 0.1) is 49.8 Å². The van der Waals surface area contributed by atoms with E-state index in [4.69, 9.17) is 33.2 Å². The average Bonchev–Trinajstić information content (AvgIpc) is 4.17. The lowest BCUT2D eigenvalue weighted by Crippen LogP contribution is -1.96. The lowest BCUT2D eigenvalue weighted by molar-refractivity contribution is 0.355. The molecule has 0 spiro atoms. The fourth-order valence-corrected chi connectivity index (χ4v) is 13.0. The van der Waals surface area contributed by atoms with E-state index in [1.54, 1.807) is 49.8 Å². The molecule has 0 saturated heterocycles. The highest BCUT2D eigenvalue weighted by atomic mass is 16.5. The number of hydrogen-bond donors (Lipinski definition) is 0. The van der Waals surface area contributed by atoms with E-state index in [-0.39, 0.29) is 0 Å². The van der Waals surface area contributed by atoms with Crippen molar-refractivity contribution in [1.29, 1.82) is 0 Å². The van der Waals surface area contributed by atoms with Gasteiger partial charge in [0.2, 0.25) is 0 Å². The van der Waals surface area contributed by atoms with Gasteiger partial charge in [-0.1, -0.05) is 133 Å². The molecule has 0 saturated carbocycles. The summed E-state index contributed by atoms with van der Waals surface area (Å²) < 4.78 is 41.6. The zero-order valence-corrected chi connectivity index (χ0v) is 44.3. The van der Waals surface area contributed by atoms with E-state index < -0.39 is 0 Å². The molecule has 0 amide bonds. The van der Waals surface area contributed by atoms with Gasteiger partial charge in [-0.2, -0.15) is 0 Å². The first-order valence-electron chi connectivity index (χ1n) is 26.0. The zero-order chi connectivity index (χ0) is 52.9. The Kier molecular flexibility index (Phi) is 10.9. The maximum absolute atomic E-state index is 6.31. The van der Waals surface area contributed by atoms with E-state index in [0.29, 0.717) is 23.0 Å². The molecule has 78 heavy (non-hydrogen) atoms. The Morgan fingerprint density at radius 1 is 0.205 bits per heavy atom. The van der Waals surface area contributed by atoms with Gasteiger partial charge in [0.25, 0.3) is 0 Å². The number of benzene rings is 12. The van der Waals surface area contributed by atoms with Crippen LogP contribution >= 0.6 is 0 Å². The molecule has 2 aliphatic rings. The number of ether oxygens (including phenoxy) is 7. The van der Waals surface area contributed by atoms with Crippen LogP contribution in [0, 0.1) is 0 Å². The third-order valence-corrected chi connectivity index (χ3v) is 16.2. The minimum atomic E-state index is 0.667. The molecule has 0 unspecified atom stereocenters. The average molecular weight is 1020 g/mol. The molecule has 7 heteroatoms. The highest BCUT2D eigenvalue weighted by molar-refractivity contribution is 6.32. The van der Waals surface area contributed by atoms with Crippen molar-refractivity contribution in [2.45, 2.75) is 0 Å². The molecule has 12 aromatic rings. The quantitative estimate of drug-likeness (QED) is 0.121. The molecule has 14 rings (SSSR count). The second-order valence-electron chi connectivity index (χ2n) is 19.8.